The number of benzene rings is 1. The van der Waals surface area contributed by atoms with Crippen LogP contribution in [0.15, 0.2) is 12.1 Å². The standard InChI is InChI=1S/C11H14Cl2N2O2/c1-6(5-16)14-11(17)15-8-3-9(12)7(2)10(13)4-8/h3-4,6,16H,5H2,1-2H3,(H2,14,15,17). The summed E-state index contributed by atoms with van der Waals surface area (Å²) < 4.78 is 0. The fourth-order valence-corrected chi connectivity index (χ4v) is 1.64. The summed E-state index contributed by atoms with van der Waals surface area (Å²) in [4.78, 5) is 11.5. The molecular formula is C11H14Cl2N2O2. The van der Waals surface area contributed by atoms with Gasteiger partial charge in [0.1, 0.15) is 0 Å². The van der Waals surface area contributed by atoms with Crippen LogP contribution in [0.1, 0.15) is 12.5 Å². The molecule has 0 radical (unpaired) electrons. The quantitative estimate of drug-likeness (QED) is 0.795. The number of aliphatic hydroxyl groups is 1. The Kier molecular flexibility index (Phi) is 5.05. The maximum absolute atomic E-state index is 11.5. The molecule has 0 heterocycles. The lowest BCUT2D eigenvalue weighted by atomic mass is 10.2. The van der Waals surface area contributed by atoms with Crippen molar-refractivity contribution in [2.45, 2.75) is 19.9 Å². The maximum Gasteiger partial charge on any atom is 0.319 e. The van der Waals surface area contributed by atoms with Crippen LogP contribution in [0.25, 0.3) is 0 Å². The zero-order valence-electron chi connectivity index (χ0n) is 9.55. The highest BCUT2D eigenvalue weighted by Gasteiger charge is 2.08. The minimum Gasteiger partial charge on any atom is -0.394 e. The Labute approximate surface area is 110 Å². The molecule has 1 rings (SSSR count). The van der Waals surface area contributed by atoms with Gasteiger partial charge in [-0.25, -0.2) is 4.79 Å². The van der Waals surface area contributed by atoms with Crippen LogP contribution in [0, 0.1) is 6.92 Å². The normalized spacial score (nSPS) is 12.1. The zero-order chi connectivity index (χ0) is 13.0. The van der Waals surface area contributed by atoms with E-state index in [1.165, 1.54) is 0 Å². The molecular weight excluding hydrogens is 263 g/mol. The molecule has 0 spiro atoms. The Balaban J connectivity index is 2.72. The fourth-order valence-electron chi connectivity index (χ4n) is 1.15. The van der Waals surface area contributed by atoms with Gasteiger partial charge in [-0.05, 0) is 31.5 Å². The van der Waals surface area contributed by atoms with E-state index >= 15 is 0 Å². The van der Waals surface area contributed by atoms with Gasteiger partial charge in [0.25, 0.3) is 0 Å². The summed E-state index contributed by atoms with van der Waals surface area (Å²) in [6.45, 7) is 3.36. The lowest BCUT2D eigenvalue weighted by Gasteiger charge is -2.13. The van der Waals surface area contributed by atoms with Crippen molar-refractivity contribution < 1.29 is 9.90 Å². The van der Waals surface area contributed by atoms with Crippen molar-refractivity contribution in [2.24, 2.45) is 0 Å². The second-order valence-corrected chi connectivity index (χ2v) is 4.56. The lowest BCUT2D eigenvalue weighted by Crippen LogP contribution is -2.38. The first-order valence-electron chi connectivity index (χ1n) is 5.08. The highest BCUT2D eigenvalue weighted by Crippen LogP contribution is 2.27. The Morgan fingerprint density at radius 1 is 1.41 bits per heavy atom. The van der Waals surface area contributed by atoms with Gasteiger partial charge < -0.3 is 15.7 Å². The van der Waals surface area contributed by atoms with Gasteiger partial charge in [-0.15, -0.1) is 0 Å². The average molecular weight is 277 g/mol. The van der Waals surface area contributed by atoms with E-state index in [1.54, 1.807) is 26.0 Å². The monoisotopic (exact) mass is 276 g/mol. The van der Waals surface area contributed by atoms with Crippen LogP contribution in [-0.4, -0.2) is 23.8 Å². The van der Waals surface area contributed by atoms with Crippen molar-refractivity contribution in [3.8, 4) is 0 Å². The smallest absolute Gasteiger partial charge is 0.319 e. The number of nitrogens with one attached hydrogen (secondary N) is 2. The molecule has 3 N–H and O–H groups in total. The molecule has 0 fully saturated rings. The van der Waals surface area contributed by atoms with Crippen LogP contribution >= 0.6 is 23.2 Å². The summed E-state index contributed by atoms with van der Waals surface area (Å²) >= 11 is 11.9. The van der Waals surface area contributed by atoms with Crippen molar-refractivity contribution in [2.75, 3.05) is 11.9 Å². The molecule has 0 aliphatic rings. The second-order valence-electron chi connectivity index (χ2n) is 3.75. The van der Waals surface area contributed by atoms with Crippen LogP contribution in [0.4, 0.5) is 10.5 Å². The van der Waals surface area contributed by atoms with Crippen LogP contribution in [0.3, 0.4) is 0 Å². The fraction of sp³-hybridized carbons (Fsp3) is 0.364. The molecule has 17 heavy (non-hydrogen) atoms. The topological polar surface area (TPSA) is 61.4 Å². The summed E-state index contributed by atoms with van der Waals surface area (Å²) in [6, 6.07) is 2.51. The number of halogens is 2. The molecule has 0 saturated heterocycles. The average Bonchev–Trinajstić information content (AvgIpc) is 2.25. The van der Waals surface area contributed by atoms with Gasteiger partial charge in [-0.1, -0.05) is 23.2 Å². The third-order valence-corrected chi connectivity index (χ3v) is 2.98. The van der Waals surface area contributed by atoms with E-state index in [2.05, 4.69) is 10.6 Å². The van der Waals surface area contributed by atoms with E-state index in [1.807, 2.05) is 0 Å². The largest absolute Gasteiger partial charge is 0.394 e. The number of rotatable bonds is 3. The molecule has 0 aliphatic heterocycles. The van der Waals surface area contributed by atoms with E-state index in [0.29, 0.717) is 15.7 Å². The highest BCUT2D eigenvalue weighted by atomic mass is 35.5. The third-order valence-electron chi connectivity index (χ3n) is 2.19. The Morgan fingerprint density at radius 3 is 2.41 bits per heavy atom. The van der Waals surface area contributed by atoms with Crippen molar-refractivity contribution >= 4 is 34.9 Å². The molecule has 0 aliphatic carbocycles. The Hall–Kier alpha value is -0.970. The van der Waals surface area contributed by atoms with Crippen LogP contribution in [-0.2, 0) is 0 Å². The maximum atomic E-state index is 11.5. The predicted molar refractivity (Wildman–Crippen MR) is 69.9 cm³/mol. The van der Waals surface area contributed by atoms with Gasteiger partial charge in [0, 0.05) is 15.7 Å². The molecule has 0 saturated carbocycles. The summed E-state index contributed by atoms with van der Waals surface area (Å²) in [7, 11) is 0. The number of hydrogen-bond acceptors (Lipinski definition) is 2. The summed E-state index contributed by atoms with van der Waals surface area (Å²) in [5.74, 6) is 0. The number of carbonyl (C=O) groups excluding carboxylic acids is 1. The van der Waals surface area contributed by atoms with Crippen molar-refractivity contribution in [3.63, 3.8) is 0 Å². The van der Waals surface area contributed by atoms with Crippen molar-refractivity contribution in [1.29, 1.82) is 0 Å². The minimum absolute atomic E-state index is 0.122. The molecule has 1 aromatic carbocycles. The second kappa shape index (κ2) is 6.10. The molecule has 4 nitrogen and oxygen atoms in total. The molecule has 94 valence electrons. The van der Waals surface area contributed by atoms with Gasteiger partial charge in [-0.2, -0.15) is 0 Å². The number of amides is 2. The van der Waals surface area contributed by atoms with Gasteiger partial charge in [0.05, 0.1) is 12.6 Å². The zero-order valence-corrected chi connectivity index (χ0v) is 11.1. The Morgan fingerprint density at radius 2 is 1.94 bits per heavy atom. The molecule has 1 unspecified atom stereocenters. The van der Waals surface area contributed by atoms with Gasteiger partial charge in [0.15, 0.2) is 0 Å². The molecule has 0 aromatic heterocycles. The van der Waals surface area contributed by atoms with Gasteiger partial charge in [0.2, 0.25) is 0 Å². The Bertz CT molecular complexity index is 401. The van der Waals surface area contributed by atoms with Crippen molar-refractivity contribution in [1.82, 2.24) is 5.32 Å². The van der Waals surface area contributed by atoms with Crippen LogP contribution in [0.2, 0.25) is 10.0 Å². The number of hydrogen-bond donors (Lipinski definition) is 3. The van der Waals surface area contributed by atoms with E-state index in [9.17, 15) is 4.79 Å². The summed E-state index contributed by atoms with van der Waals surface area (Å²) in [6.07, 6.45) is 0. The number of aliphatic hydroxyl groups excluding tert-OH is 1. The minimum atomic E-state index is -0.414. The first-order chi connectivity index (χ1) is 7.93. The van der Waals surface area contributed by atoms with E-state index in [-0.39, 0.29) is 12.6 Å². The predicted octanol–water partition coefficient (Wildman–Crippen LogP) is 2.80. The van der Waals surface area contributed by atoms with E-state index in [4.69, 9.17) is 28.3 Å². The lowest BCUT2D eigenvalue weighted by molar-refractivity contribution is 0.229. The number of carbonyl (C=O) groups is 1. The number of urea groups is 1. The summed E-state index contributed by atoms with van der Waals surface area (Å²) in [5, 5.41) is 14.9. The SMILES string of the molecule is Cc1c(Cl)cc(NC(=O)NC(C)CO)cc1Cl. The number of anilines is 1. The third kappa shape index (κ3) is 4.07. The first-order valence-corrected chi connectivity index (χ1v) is 5.83. The van der Waals surface area contributed by atoms with Gasteiger partial charge >= 0.3 is 6.03 Å². The molecule has 2 amide bonds. The molecule has 1 atom stereocenters. The van der Waals surface area contributed by atoms with Gasteiger partial charge in [-0.3, -0.25) is 0 Å². The van der Waals surface area contributed by atoms with Crippen molar-refractivity contribution in [3.05, 3.63) is 27.7 Å². The van der Waals surface area contributed by atoms with E-state index in [0.717, 1.165) is 5.56 Å². The van der Waals surface area contributed by atoms with E-state index < -0.39 is 6.03 Å². The molecule has 1 aromatic rings. The van der Waals surface area contributed by atoms with Crippen LogP contribution < -0.4 is 10.6 Å². The molecule has 6 heteroatoms. The summed E-state index contributed by atoms with van der Waals surface area (Å²) in [5.41, 5.74) is 1.27. The van der Waals surface area contributed by atoms with Crippen LogP contribution in [0.5, 0.6) is 0 Å². The molecule has 0 bridgehead atoms. The highest BCUT2D eigenvalue weighted by molar-refractivity contribution is 6.36. The first kappa shape index (κ1) is 14.1.